The maximum absolute atomic E-state index is 13.9. The molecule has 0 aliphatic rings. The first-order valence-electron chi connectivity index (χ1n) is 13.0. The number of benzene rings is 2. The van der Waals surface area contributed by atoms with Crippen molar-refractivity contribution in [3.63, 3.8) is 0 Å². The van der Waals surface area contributed by atoms with E-state index in [0.29, 0.717) is 18.2 Å². The molecule has 0 fully saturated rings. The second kappa shape index (κ2) is 14.2. The summed E-state index contributed by atoms with van der Waals surface area (Å²) in [6.45, 7) is 3.34. The van der Waals surface area contributed by atoms with E-state index < -0.39 is 83.1 Å². The van der Waals surface area contributed by atoms with Gasteiger partial charge >= 0.3 is 18.5 Å². The molecule has 2 aromatic carbocycles. The molecule has 0 radical (unpaired) electrons. The second-order valence-corrected chi connectivity index (χ2v) is 10.1. The number of alkyl halides is 9. The third-order valence-corrected chi connectivity index (χ3v) is 6.41. The summed E-state index contributed by atoms with van der Waals surface area (Å²) in [5.41, 5.74) is -2.57. The average molecular weight is 658 g/mol. The van der Waals surface area contributed by atoms with Crippen molar-refractivity contribution >= 4 is 23.5 Å². The van der Waals surface area contributed by atoms with Gasteiger partial charge in [0.1, 0.15) is 17.8 Å². The lowest BCUT2D eigenvalue weighted by molar-refractivity contribution is -0.175. The standard InChI is InChI=1S/C28H28F9N3O5/c1-13(2)20(22(41)28(35,36)37)39-25(44)21(15-8-10-18(45-4)11-9-15)40-23(42)14(3)38-24(43)19(27(32,33)34)16-6-5-7-17(12-16)26(29,30)31/h5-14,19-21H,1-4H3,(H,38,43)(H,39,44)(H,40,42)/t14-,19?,20-,21-/m0/s1. The fraction of sp³-hybridized carbons (Fsp3) is 0.429. The molecule has 0 aliphatic heterocycles. The summed E-state index contributed by atoms with van der Waals surface area (Å²) in [6.07, 6.45) is -15.7. The molecule has 0 saturated heterocycles. The summed E-state index contributed by atoms with van der Waals surface area (Å²) in [6, 6.07) is 1.31. The molecule has 0 heterocycles. The van der Waals surface area contributed by atoms with Crippen LogP contribution in [0, 0.1) is 5.92 Å². The number of Topliss-reactive ketones (excluding diaryl/α,β-unsaturated/α-hetero) is 1. The van der Waals surface area contributed by atoms with Gasteiger partial charge in [-0.1, -0.05) is 44.2 Å². The van der Waals surface area contributed by atoms with E-state index in [9.17, 15) is 58.7 Å². The Labute approximate surface area is 250 Å². The van der Waals surface area contributed by atoms with E-state index in [1.165, 1.54) is 45.2 Å². The zero-order chi connectivity index (χ0) is 34.5. The van der Waals surface area contributed by atoms with Crippen LogP contribution < -0.4 is 20.7 Å². The third kappa shape index (κ3) is 9.84. The van der Waals surface area contributed by atoms with E-state index >= 15 is 0 Å². The Hall–Kier alpha value is -4.31. The summed E-state index contributed by atoms with van der Waals surface area (Å²) < 4.78 is 125. The van der Waals surface area contributed by atoms with E-state index in [0.717, 1.165) is 6.92 Å². The van der Waals surface area contributed by atoms with Crippen molar-refractivity contribution < 1.29 is 63.4 Å². The topological polar surface area (TPSA) is 114 Å². The summed E-state index contributed by atoms with van der Waals surface area (Å²) in [7, 11) is 1.30. The molecule has 17 heteroatoms. The molecular weight excluding hydrogens is 629 g/mol. The van der Waals surface area contributed by atoms with E-state index in [2.05, 4.69) is 5.32 Å². The smallest absolute Gasteiger partial charge is 0.452 e. The maximum atomic E-state index is 13.9. The number of ketones is 1. The number of hydrogen-bond acceptors (Lipinski definition) is 5. The molecule has 0 bridgehead atoms. The number of amides is 3. The summed E-state index contributed by atoms with van der Waals surface area (Å²) in [5, 5.41) is 5.79. The van der Waals surface area contributed by atoms with Gasteiger partial charge in [-0.05, 0) is 42.2 Å². The zero-order valence-electron chi connectivity index (χ0n) is 23.9. The highest BCUT2D eigenvalue weighted by molar-refractivity contribution is 5.97. The lowest BCUT2D eigenvalue weighted by atomic mass is 9.95. The van der Waals surface area contributed by atoms with E-state index in [1.807, 2.05) is 5.32 Å². The minimum Gasteiger partial charge on any atom is -0.497 e. The van der Waals surface area contributed by atoms with Crippen LogP contribution in [0.25, 0.3) is 0 Å². The van der Waals surface area contributed by atoms with E-state index in [1.54, 1.807) is 5.32 Å². The van der Waals surface area contributed by atoms with Crippen molar-refractivity contribution in [2.24, 2.45) is 5.92 Å². The van der Waals surface area contributed by atoms with Gasteiger partial charge in [0.15, 0.2) is 5.92 Å². The van der Waals surface area contributed by atoms with Crippen molar-refractivity contribution in [2.75, 3.05) is 7.11 Å². The molecule has 0 spiro atoms. The van der Waals surface area contributed by atoms with E-state index in [4.69, 9.17) is 4.74 Å². The largest absolute Gasteiger partial charge is 0.497 e. The van der Waals surface area contributed by atoms with Crippen LogP contribution in [0.2, 0.25) is 0 Å². The lowest BCUT2D eigenvalue weighted by Gasteiger charge is -2.27. The molecule has 8 nitrogen and oxygen atoms in total. The average Bonchev–Trinajstić information content (AvgIpc) is 2.92. The van der Waals surface area contributed by atoms with Crippen LogP contribution in [0.1, 0.15) is 49.4 Å². The van der Waals surface area contributed by atoms with Crippen molar-refractivity contribution in [1.82, 2.24) is 16.0 Å². The van der Waals surface area contributed by atoms with Gasteiger partial charge < -0.3 is 20.7 Å². The molecule has 0 aliphatic carbocycles. The fourth-order valence-corrected chi connectivity index (χ4v) is 4.06. The number of rotatable bonds is 11. The Morgan fingerprint density at radius 2 is 1.29 bits per heavy atom. The molecule has 248 valence electrons. The molecule has 3 amide bonds. The second-order valence-electron chi connectivity index (χ2n) is 10.1. The Balaban J connectivity index is 2.37. The van der Waals surface area contributed by atoms with Gasteiger partial charge in [-0.25, -0.2) is 0 Å². The van der Waals surface area contributed by atoms with Gasteiger partial charge in [0.05, 0.1) is 18.7 Å². The molecule has 2 aromatic rings. The van der Waals surface area contributed by atoms with Crippen LogP contribution in [0.4, 0.5) is 39.5 Å². The molecule has 3 N–H and O–H groups in total. The van der Waals surface area contributed by atoms with Gasteiger partial charge in [0, 0.05) is 0 Å². The van der Waals surface area contributed by atoms with Crippen molar-refractivity contribution in [3.8, 4) is 5.75 Å². The van der Waals surface area contributed by atoms with Crippen LogP contribution >= 0.6 is 0 Å². The quantitative estimate of drug-likeness (QED) is 0.295. The highest BCUT2D eigenvalue weighted by Crippen LogP contribution is 2.38. The SMILES string of the molecule is COc1ccc([C@H](NC(=O)[C@H](C)NC(=O)C(c2cccc(C(F)(F)F)c2)C(F)(F)F)C(=O)N[C@H](C(=O)C(F)(F)F)C(C)C)cc1. The lowest BCUT2D eigenvalue weighted by Crippen LogP contribution is -2.54. The van der Waals surface area contributed by atoms with Gasteiger partial charge in [0.25, 0.3) is 5.78 Å². The minimum absolute atomic E-state index is 0.0562. The van der Waals surface area contributed by atoms with Crippen molar-refractivity contribution in [2.45, 2.75) is 63.3 Å². The van der Waals surface area contributed by atoms with Crippen LogP contribution in [0.15, 0.2) is 48.5 Å². The highest BCUT2D eigenvalue weighted by atomic mass is 19.4. The van der Waals surface area contributed by atoms with Crippen LogP contribution in [-0.4, -0.2) is 55.1 Å². The fourth-order valence-electron chi connectivity index (χ4n) is 4.06. The highest BCUT2D eigenvalue weighted by Gasteiger charge is 2.48. The monoisotopic (exact) mass is 657 g/mol. The number of carbonyl (C=O) groups is 4. The predicted octanol–water partition coefficient (Wildman–Crippen LogP) is 4.99. The van der Waals surface area contributed by atoms with E-state index in [-0.39, 0.29) is 17.4 Å². The van der Waals surface area contributed by atoms with Gasteiger partial charge in [-0.2, -0.15) is 39.5 Å². The number of carbonyl (C=O) groups excluding carboxylic acids is 4. The molecule has 1 unspecified atom stereocenters. The minimum atomic E-state index is -5.40. The first kappa shape index (κ1) is 36.9. The van der Waals surface area contributed by atoms with Crippen LogP contribution in [-0.2, 0) is 25.4 Å². The number of hydrogen-bond donors (Lipinski definition) is 3. The molecular formula is C28H28F9N3O5. The Kier molecular flexibility index (Phi) is 11.6. The molecule has 45 heavy (non-hydrogen) atoms. The molecule has 0 aromatic heterocycles. The first-order valence-corrected chi connectivity index (χ1v) is 13.0. The molecule has 2 rings (SSSR count). The number of nitrogens with one attached hydrogen (secondary N) is 3. The summed E-state index contributed by atoms with van der Waals surface area (Å²) >= 11 is 0. The van der Waals surface area contributed by atoms with Gasteiger partial charge in [-0.15, -0.1) is 0 Å². The third-order valence-electron chi connectivity index (χ3n) is 6.41. The van der Waals surface area contributed by atoms with Gasteiger partial charge in [-0.3, -0.25) is 19.2 Å². The number of methoxy groups -OCH3 is 1. The Morgan fingerprint density at radius 3 is 1.76 bits per heavy atom. The predicted molar refractivity (Wildman–Crippen MR) is 140 cm³/mol. The van der Waals surface area contributed by atoms with Crippen molar-refractivity contribution in [1.29, 1.82) is 0 Å². The molecule has 0 saturated carbocycles. The Bertz CT molecular complexity index is 1370. The summed E-state index contributed by atoms with van der Waals surface area (Å²) in [5.74, 6) is -10.7. The van der Waals surface area contributed by atoms with Gasteiger partial charge in [0.2, 0.25) is 17.7 Å². The number of halogens is 9. The zero-order valence-corrected chi connectivity index (χ0v) is 23.9. The normalized spacial score (nSPS) is 15.0. The van der Waals surface area contributed by atoms with Crippen LogP contribution in [0.5, 0.6) is 5.75 Å². The molecule has 4 atom stereocenters. The first-order chi connectivity index (χ1) is 20.6. The maximum Gasteiger partial charge on any atom is 0.452 e. The van der Waals surface area contributed by atoms with Crippen LogP contribution in [0.3, 0.4) is 0 Å². The summed E-state index contributed by atoms with van der Waals surface area (Å²) in [4.78, 5) is 50.8. The van der Waals surface area contributed by atoms with Crippen molar-refractivity contribution in [3.05, 3.63) is 65.2 Å². The number of ether oxygens (including phenoxy) is 1. The Morgan fingerprint density at radius 1 is 0.711 bits per heavy atom.